The van der Waals surface area contributed by atoms with Crippen LogP contribution < -0.4 is 9.47 Å². The summed E-state index contributed by atoms with van der Waals surface area (Å²) in [5.41, 5.74) is 2.85. The molecule has 0 amide bonds. The predicted octanol–water partition coefficient (Wildman–Crippen LogP) is 2.86. The van der Waals surface area contributed by atoms with Crippen LogP contribution in [-0.2, 0) is 11.2 Å². The Morgan fingerprint density at radius 3 is 2.67 bits per heavy atom. The van der Waals surface area contributed by atoms with Gasteiger partial charge in [0.2, 0.25) is 0 Å². The van der Waals surface area contributed by atoms with E-state index in [2.05, 4.69) is 13.0 Å². The van der Waals surface area contributed by atoms with Gasteiger partial charge in [0.05, 0.1) is 19.8 Å². The van der Waals surface area contributed by atoms with E-state index in [0.29, 0.717) is 24.7 Å². The summed E-state index contributed by atoms with van der Waals surface area (Å²) in [6.45, 7) is 3.43. The Labute approximate surface area is 126 Å². The van der Waals surface area contributed by atoms with Gasteiger partial charge in [-0.3, -0.25) is 4.99 Å². The van der Waals surface area contributed by atoms with Crippen molar-refractivity contribution >= 4 is 6.21 Å². The molecular weight excluding hydrogens is 266 g/mol. The third-order valence-electron chi connectivity index (χ3n) is 4.62. The molecule has 1 aliphatic heterocycles. The average molecular weight is 289 g/mol. The van der Waals surface area contributed by atoms with Crippen LogP contribution in [0, 0.1) is 5.41 Å². The number of methoxy groups -OCH3 is 2. The van der Waals surface area contributed by atoms with Crippen molar-refractivity contribution in [2.75, 3.05) is 27.4 Å². The quantitative estimate of drug-likeness (QED) is 0.756. The molecule has 1 unspecified atom stereocenters. The number of rotatable bonds is 6. The Bertz CT molecular complexity index is 549. The SMILES string of the molecule is COCCOc1cc2c(cc1OC)C=NC(C1(C)CC1)C2. The Morgan fingerprint density at radius 2 is 2.00 bits per heavy atom. The van der Waals surface area contributed by atoms with E-state index in [4.69, 9.17) is 19.2 Å². The van der Waals surface area contributed by atoms with E-state index in [1.807, 2.05) is 12.3 Å². The lowest BCUT2D eigenvalue weighted by molar-refractivity contribution is 0.144. The summed E-state index contributed by atoms with van der Waals surface area (Å²) in [5.74, 6) is 1.55. The number of nitrogens with zero attached hydrogens (tertiary/aromatic N) is 1. The van der Waals surface area contributed by atoms with E-state index in [9.17, 15) is 0 Å². The monoisotopic (exact) mass is 289 g/mol. The zero-order valence-electron chi connectivity index (χ0n) is 13.0. The van der Waals surface area contributed by atoms with Crippen LogP contribution in [0.4, 0.5) is 0 Å². The summed E-state index contributed by atoms with van der Waals surface area (Å²) in [6.07, 6.45) is 5.57. The van der Waals surface area contributed by atoms with E-state index < -0.39 is 0 Å². The molecule has 0 bridgehead atoms. The molecule has 1 aromatic carbocycles. The third kappa shape index (κ3) is 2.91. The van der Waals surface area contributed by atoms with E-state index in [1.165, 1.54) is 18.4 Å². The molecule has 0 spiro atoms. The lowest BCUT2D eigenvalue weighted by Crippen LogP contribution is -2.24. The van der Waals surface area contributed by atoms with Crippen molar-refractivity contribution < 1.29 is 14.2 Å². The van der Waals surface area contributed by atoms with Crippen molar-refractivity contribution in [2.24, 2.45) is 10.4 Å². The van der Waals surface area contributed by atoms with Gasteiger partial charge in [-0.2, -0.15) is 0 Å². The number of hydrogen-bond donors (Lipinski definition) is 0. The minimum absolute atomic E-state index is 0.408. The van der Waals surface area contributed by atoms with E-state index in [0.717, 1.165) is 23.5 Å². The molecule has 0 saturated heterocycles. The fraction of sp³-hybridized carbons (Fsp3) is 0.588. The van der Waals surface area contributed by atoms with Gasteiger partial charge >= 0.3 is 0 Å². The summed E-state index contributed by atoms with van der Waals surface area (Å²) >= 11 is 0. The van der Waals surface area contributed by atoms with Crippen molar-refractivity contribution in [3.05, 3.63) is 23.3 Å². The second kappa shape index (κ2) is 5.68. The number of fused-ring (bicyclic) bond motifs is 1. The number of ether oxygens (including phenoxy) is 3. The van der Waals surface area contributed by atoms with Crippen LogP contribution in [0.1, 0.15) is 30.9 Å². The molecule has 114 valence electrons. The molecule has 1 heterocycles. The normalized spacial score (nSPS) is 21.8. The Balaban J connectivity index is 1.82. The molecular formula is C17H23NO3. The first kappa shape index (κ1) is 14.4. The molecule has 4 nitrogen and oxygen atoms in total. The lowest BCUT2D eigenvalue weighted by Gasteiger charge is -2.25. The first-order chi connectivity index (χ1) is 10.2. The van der Waals surface area contributed by atoms with Gasteiger partial charge in [-0.15, -0.1) is 0 Å². The summed E-state index contributed by atoms with van der Waals surface area (Å²) < 4.78 is 16.2. The first-order valence-corrected chi connectivity index (χ1v) is 7.52. The molecule has 21 heavy (non-hydrogen) atoms. The summed E-state index contributed by atoms with van der Waals surface area (Å²) in [4.78, 5) is 4.74. The predicted molar refractivity (Wildman–Crippen MR) is 82.8 cm³/mol. The smallest absolute Gasteiger partial charge is 0.161 e. The van der Waals surface area contributed by atoms with Crippen LogP contribution in [0.25, 0.3) is 0 Å². The Hall–Kier alpha value is -1.55. The van der Waals surface area contributed by atoms with Gasteiger partial charge in [0.25, 0.3) is 0 Å². The molecule has 1 aromatic rings. The molecule has 4 heteroatoms. The molecule has 1 saturated carbocycles. The van der Waals surface area contributed by atoms with Crippen molar-refractivity contribution in [3.8, 4) is 11.5 Å². The van der Waals surface area contributed by atoms with Gasteiger partial charge in [0.15, 0.2) is 11.5 Å². The fourth-order valence-corrected chi connectivity index (χ4v) is 2.81. The Morgan fingerprint density at radius 1 is 1.19 bits per heavy atom. The summed E-state index contributed by atoms with van der Waals surface area (Å²) in [6, 6.07) is 4.53. The second-order valence-corrected chi connectivity index (χ2v) is 6.20. The maximum absolute atomic E-state index is 5.78. The van der Waals surface area contributed by atoms with Crippen LogP contribution in [-0.4, -0.2) is 39.7 Å². The highest BCUT2D eigenvalue weighted by Gasteiger charge is 2.45. The second-order valence-electron chi connectivity index (χ2n) is 6.20. The van der Waals surface area contributed by atoms with Gasteiger partial charge < -0.3 is 14.2 Å². The minimum Gasteiger partial charge on any atom is -0.493 e. The largest absolute Gasteiger partial charge is 0.493 e. The zero-order valence-corrected chi connectivity index (χ0v) is 13.0. The van der Waals surface area contributed by atoms with Crippen LogP contribution in [0.15, 0.2) is 17.1 Å². The molecule has 1 aliphatic carbocycles. The molecule has 0 radical (unpaired) electrons. The van der Waals surface area contributed by atoms with Crippen LogP contribution in [0.3, 0.4) is 0 Å². The summed E-state index contributed by atoms with van der Waals surface area (Å²) in [5, 5.41) is 0. The van der Waals surface area contributed by atoms with Crippen molar-refractivity contribution in [3.63, 3.8) is 0 Å². The van der Waals surface area contributed by atoms with E-state index >= 15 is 0 Å². The Kier molecular flexibility index (Phi) is 3.89. The maximum Gasteiger partial charge on any atom is 0.161 e. The number of benzene rings is 1. The van der Waals surface area contributed by atoms with Crippen LogP contribution in [0.5, 0.6) is 11.5 Å². The zero-order chi connectivity index (χ0) is 14.9. The fourth-order valence-electron chi connectivity index (χ4n) is 2.81. The highest BCUT2D eigenvalue weighted by molar-refractivity contribution is 5.84. The maximum atomic E-state index is 5.78. The number of aliphatic imine (C=N–C) groups is 1. The van der Waals surface area contributed by atoms with Gasteiger partial charge in [-0.1, -0.05) is 6.92 Å². The molecule has 1 atom stereocenters. The molecule has 2 aliphatic rings. The van der Waals surface area contributed by atoms with Crippen LogP contribution in [0.2, 0.25) is 0 Å². The van der Waals surface area contributed by atoms with Crippen LogP contribution >= 0.6 is 0 Å². The standard InChI is InChI=1S/C17H23NO3/c1-17(4-5-17)16-10-12-8-15(21-7-6-19-2)14(20-3)9-13(12)11-18-16/h8-9,11,16H,4-7,10H2,1-3H3. The van der Waals surface area contributed by atoms with E-state index in [-0.39, 0.29) is 0 Å². The molecule has 0 N–H and O–H groups in total. The van der Waals surface area contributed by atoms with Gasteiger partial charge in [0.1, 0.15) is 6.61 Å². The lowest BCUT2D eigenvalue weighted by atomic mass is 9.88. The van der Waals surface area contributed by atoms with Crippen molar-refractivity contribution in [2.45, 2.75) is 32.2 Å². The van der Waals surface area contributed by atoms with E-state index in [1.54, 1.807) is 14.2 Å². The highest BCUT2D eigenvalue weighted by Crippen LogP contribution is 2.51. The van der Waals surface area contributed by atoms with Gasteiger partial charge in [-0.05, 0) is 47.9 Å². The topological polar surface area (TPSA) is 40.0 Å². The van der Waals surface area contributed by atoms with Gasteiger partial charge in [-0.25, -0.2) is 0 Å². The van der Waals surface area contributed by atoms with Crippen molar-refractivity contribution in [1.82, 2.24) is 0 Å². The average Bonchev–Trinajstić information content (AvgIpc) is 3.25. The van der Waals surface area contributed by atoms with Gasteiger partial charge in [0, 0.05) is 13.3 Å². The number of hydrogen-bond acceptors (Lipinski definition) is 4. The van der Waals surface area contributed by atoms with Crippen molar-refractivity contribution in [1.29, 1.82) is 0 Å². The third-order valence-corrected chi connectivity index (χ3v) is 4.62. The summed E-state index contributed by atoms with van der Waals surface area (Å²) in [7, 11) is 3.34. The first-order valence-electron chi connectivity index (χ1n) is 7.52. The minimum atomic E-state index is 0.408. The highest BCUT2D eigenvalue weighted by atomic mass is 16.5. The molecule has 0 aromatic heterocycles. The molecule has 1 fully saturated rings. The molecule has 3 rings (SSSR count).